The van der Waals surface area contributed by atoms with Crippen molar-refractivity contribution in [2.24, 2.45) is 5.92 Å². The Balaban J connectivity index is 2.00. The van der Waals surface area contributed by atoms with Gasteiger partial charge in [-0.1, -0.05) is 27.2 Å². The minimum Gasteiger partial charge on any atom is -0.379 e. The van der Waals surface area contributed by atoms with Crippen molar-refractivity contribution in [2.45, 2.75) is 58.8 Å². The van der Waals surface area contributed by atoms with Crippen LogP contribution < -0.4 is 5.32 Å². The highest BCUT2D eigenvalue weighted by Crippen LogP contribution is 2.23. The van der Waals surface area contributed by atoms with Gasteiger partial charge in [0.05, 0.1) is 25.4 Å². The van der Waals surface area contributed by atoms with Crippen LogP contribution in [-0.2, 0) is 9.53 Å². The van der Waals surface area contributed by atoms with Gasteiger partial charge >= 0.3 is 0 Å². The van der Waals surface area contributed by atoms with Gasteiger partial charge in [-0.25, -0.2) is 0 Å². The summed E-state index contributed by atoms with van der Waals surface area (Å²) in [5, 5.41) is 3.54. The number of morpholine rings is 1. The van der Waals surface area contributed by atoms with Crippen LogP contribution >= 0.6 is 0 Å². The first kappa shape index (κ1) is 16.7. The van der Waals surface area contributed by atoms with Gasteiger partial charge in [-0.05, 0) is 19.3 Å². The van der Waals surface area contributed by atoms with Crippen molar-refractivity contribution in [3.63, 3.8) is 0 Å². The van der Waals surface area contributed by atoms with Gasteiger partial charge in [0.1, 0.15) is 0 Å². The molecule has 3 atom stereocenters. The number of nitrogens with zero attached hydrogens (tertiary/aromatic N) is 2. The lowest BCUT2D eigenvalue weighted by atomic mass is 10.0. The van der Waals surface area contributed by atoms with E-state index in [1.165, 1.54) is 0 Å². The number of nitrogens with one attached hydrogen (secondary N) is 1. The molecule has 1 amide bonds. The van der Waals surface area contributed by atoms with Gasteiger partial charge in [0.15, 0.2) is 0 Å². The molecular formula is C16H31N3O2. The molecular weight excluding hydrogens is 266 g/mol. The Labute approximate surface area is 129 Å². The quantitative estimate of drug-likeness (QED) is 0.802. The summed E-state index contributed by atoms with van der Waals surface area (Å²) < 4.78 is 5.40. The molecule has 0 bridgehead atoms. The van der Waals surface area contributed by atoms with E-state index in [2.05, 4.69) is 42.8 Å². The predicted octanol–water partition coefficient (Wildman–Crippen LogP) is 1.29. The summed E-state index contributed by atoms with van der Waals surface area (Å²) >= 11 is 0. The summed E-state index contributed by atoms with van der Waals surface area (Å²) in [4.78, 5) is 17.2. The van der Waals surface area contributed by atoms with Crippen molar-refractivity contribution in [2.75, 3.05) is 32.8 Å². The molecule has 3 unspecified atom stereocenters. The van der Waals surface area contributed by atoms with Gasteiger partial charge in [0.25, 0.3) is 0 Å². The lowest BCUT2D eigenvalue weighted by Crippen LogP contribution is -2.50. The Kier molecular flexibility index (Phi) is 6.02. The number of carbonyl (C=O) groups excluding carboxylic acids is 1. The van der Waals surface area contributed by atoms with E-state index in [1.807, 2.05) is 0 Å². The standard InChI is InChI=1S/C16H31N3O2/c1-5-6-14-17-15(12(2)3)16(20)19(14)13(4)11-18-7-9-21-10-8-18/h12-15,17H,5-11H2,1-4H3. The number of hydrogen-bond acceptors (Lipinski definition) is 4. The number of rotatable bonds is 6. The van der Waals surface area contributed by atoms with Crippen LogP contribution in [-0.4, -0.2) is 66.8 Å². The topological polar surface area (TPSA) is 44.8 Å². The van der Waals surface area contributed by atoms with E-state index in [0.29, 0.717) is 5.92 Å². The summed E-state index contributed by atoms with van der Waals surface area (Å²) in [7, 11) is 0. The first-order valence-corrected chi connectivity index (χ1v) is 8.43. The molecule has 0 aromatic rings. The number of hydrogen-bond donors (Lipinski definition) is 1. The van der Waals surface area contributed by atoms with Crippen molar-refractivity contribution in [1.29, 1.82) is 0 Å². The third-order valence-electron chi connectivity index (χ3n) is 4.56. The van der Waals surface area contributed by atoms with Crippen molar-refractivity contribution >= 4 is 5.91 Å². The van der Waals surface area contributed by atoms with Crippen molar-refractivity contribution < 1.29 is 9.53 Å². The smallest absolute Gasteiger partial charge is 0.241 e. The normalized spacial score (nSPS) is 29.4. The molecule has 0 spiro atoms. The predicted molar refractivity (Wildman–Crippen MR) is 84.0 cm³/mol. The van der Waals surface area contributed by atoms with Gasteiger partial charge in [0, 0.05) is 25.7 Å². The molecule has 5 heteroatoms. The highest BCUT2D eigenvalue weighted by atomic mass is 16.5. The fourth-order valence-electron chi connectivity index (χ4n) is 3.42. The minimum absolute atomic E-state index is 0.0197. The van der Waals surface area contributed by atoms with E-state index in [4.69, 9.17) is 4.74 Å². The van der Waals surface area contributed by atoms with Gasteiger partial charge in [-0.15, -0.1) is 0 Å². The summed E-state index contributed by atoms with van der Waals surface area (Å²) in [6.07, 6.45) is 2.32. The van der Waals surface area contributed by atoms with Crippen LogP contribution in [0.3, 0.4) is 0 Å². The molecule has 2 saturated heterocycles. The van der Waals surface area contributed by atoms with Crippen LogP contribution in [0.25, 0.3) is 0 Å². The van der Waals surface area contributed by atoms with E-state index in [0.717, 1.165) is 45.7 Å². The Bertz CT molecular complexity index is 342. The first-order chi connectivity index (χ1) is 10.0. The monoisotopic (exact) mass is 297 g/mol. The van der Waals surface area contributed by atoms with Gasteiger partial charge in [0.2, 0.25) is 5.91 Å². The first-order valence-electron chi connectivity index (χ1n) is 8.43. The second kappa shape index (κ2) is 7.56. The maximum Gasteiger partial charge on any atom is 0.241 e. The van der Waals surface area contributed by atoms with Crippen LogP contribution in [0.2, 0.25) is 0 Å². The molecule has 0 aromatic heterocycles. The minimum atomic E-state index is -0.0197. The van der Waals surface area contributed by atoms with E-state index in [1.54, 1.807) is 0 Å². The number of ether oxygens (including phenoxy) is 1. The van der Waals surface area contributed by atoms with Gasteiger partial charge in [-0.2, -0.15) is 0 Å². The third-order valence-corrected chi connectivity index (χ3v) is 4.56. The molecule has 2 rings (SSSR count). The maximum atomic E-state index is 12.7. The average Bonchev–Trinajstić information content (AvgIpc) is 2.77. The zero-order valence-electron chi connectivity index (χ0n) is 14.0. The zero-order chi connectivity index (χ0) is 15.4. The average molecular weight is 297 g/mol. The lowest BCUT2D eigenvalue weighted by Gasteiger charge is -2.35. The molecule has 21 heavy (non-hydrogen) atoms. The Morgan fingerprint density at radius 3 is 2.52 bits per heavy atom. The maximum absolute atomic E-state index is 12.7. The third kappa shape index (κ3) is 3.96. The van der Waals surface area contributed by atoms with Crippen molar-refractivity contribution in [3.05, 3.63) is 0 Å². The van der Waals surface area contributed by atoms with E-state index < -0.39 is 0 Å². The highest BCUT2D eigenvalue weighted by molar-refractivity contribution is 5.84. The molecule has 2 aliphatic heterocycles. The summed E-state index contributed by atoms with van der Waals surface area (Å²) in [5.74, 6) is 0.627. The Morgan fingerprint density at radius 2 is 1.95 bits per heavy atom. The van der Waals surface area contributed by atoms with Crippen LogP contribution in [0.15, 0.2) is 0 Å². The van der Waals surface area contributed by atoms with E-state index >= 15 is 0 Å². The molecule has 5 nitrogen and oxygen atoms in total. The largest absolute Gasteiger partial charge is 0.379 e. The van der Waals surface area contributed by atoms with Crippen LogP contribution in [0.4, 0.5) is 0 Å². The van der Waals surface area contributed by atoms with Crippen LogP contribution in [0.5, 0.6) is 0 Å². The second-order valence-electron chi connectivity index (χ2n) is 6.70. The molecule has 122 valence electrons. The van der Waals surface area contributed by atoms with E-state index in [9.17, 15) is 4.79 Å². The van der Waals surface area contributed by atoms with Gasteiger partial charge in [-0.3, -0.25) is 15.0 Å². The molecule has 2 heterocycles. The Hall–Kier alpha value is -0.650. The van der Waals surface area contributed by atoms with Crippen LogP contribution in [0.1, 0.15) is 40.5 Å². The molecule has 0 saturated carbocycles. The van der Waals surface area contributed by atoms with Crippen LogP contribution in [0, 0.1) is 5.92 Å². The summed E-state index contributed by atoms with van der Waals surface area (Å²) in [5.41, 5.74) is 0. The summed E-state index contributed by atoms with van der Waals surface area (Å²) in [6.45, 7) is 13.1. The molecule has 0 radical (unpaired) electrons. The summed E-state index contributed by atoms with van der Waals surface area (Å²) in [6, 6.07) is 0.233. The fourth-order valence-corrected chi connectivity index (χ4v) is 3.42. The number of amides is 1. The molecule has 0 aliphatic carbocycles. The molecule has 1 N–H and O–H groups in total. The SMILES string of the molecule is CCCC1NC(C(C)C)C(=O)N1C(C)CN1CCOCC1. The van der Waals surface area contributed by atoms with E-state index in [-0.39, 0.29) is 24.2 Å². The van der Waals surface area contributed by atoms with Crippen molar-refractivity contribution in [1.82, 2.24) is 15.1 Å². The Morgan fingerprint density at radius 1 is 1.29 bits per heavy atom. The second-order valence-corrected chi connectivity index (χ2v) is 6.70. The molecule has 0 aromatic carbocycles. The number of carbonyl (C=O) groups is 1. The van der Waals surface area contributed by atoms with Crippen molar-refractivity contribution in [3.8, 4) is 0 Å². The fraction of sp³-hybridized carbons (Fsp3) is 0.938. The molecule has 2 aliphatic rings. The lowest BCUT2D eigenvalue weighted by molar-refractivity contribution is -0.133. The zero-order valence-corrected chi connectivity index (χ0v) is 14.0. The van der Waals surface area contributed by atoms with Gasteiger partial charge < -0.3 is 9.64 Å². The molecule has 2 fully saturated rings. The highest BCUT2D eigenvalue weighted by Gasteiger charge is 2.42.